The van der Waals surface area contributed by atoms with Crippen molar-refractivity contribution in [3.63, 3.8) is 0 Å². The molecule has 1 N–H and O–H groups in total. The summed E-state index contributed by atoms with van der Waals surface area (Å²) in [5, 5.41) is 2.68. The topological polar surface area (TPSA) is 55.4 Å². The van der Waals surface area contributed by atoms with Crippen LogP contribution >= 0.6 is 0 Å². The Morgan fingerprint density at radius 1 is 1.09 bits per heavy atom. The van der Waals surface area contributed by atoms with E-state index in [0.717, 1.165) is 17.2 Å². The second-order valence-corrected chi connectivity index (χ2v) is 5.24. The van der Waals surface area contributed by atoms with Gasteiger partial charge in [-0.15, -0.1) is 0 Å². The number of halogens is 1. The van der Waals surface area contributed by atoms with Crippen LogP contribution in [0.2, 0.25) is 0 Å². The van der Waals surface area contributed by atoms with Gasteiger partial charge in [0.2, 0.25) is 0 Å². The zero-order valence-electron chi connectivity index (χ0n) is 13.1. The lowest BCUT2D eigenvalue weighted by atomic mass is 10.1. The first-order chi connectivity index (χ1) is 11.0. The van der Waals surface area contributed by atoms with E-state index in [0.29, 0.717) is 12.1 Å². The van der Waals surface area contributed by atoms with Crippen molar-refractivity contribution in [1.29, 1.82) is 0 Å². The van der Waals surface area contributed by atoms with Gasteiger partial charge in [0, 0.05) is 6.54 Å². The van der Waals surface area contributed by atoms with Crippen LogP contribution in [0.3, 0.4) is 0 Å². The van der Waals surface area contributed by atoms with Crippen molar-refractivity contribution in [2.24, 2.45) is 0 Å². The lowest BCUT2D eigenvalue weighted by molar-refractivity contribution is -0.124. The van der Waals surface area contributed by atoms with E-state index in [1.807, 2.05) is 31.2 Å². The highest BCUT2D eigenvalue weighted by Crippen LogP contribution is 2.10. The Bertz CT molecular complexity index is 728. The van der Waals surface area contributed by atoms with Crippen LogP contribution in [-0.2, 0) is 16.1 Å². The summed E-state index contributed by atoms with van der Waals surface area (Å²) >= 11 is 0. The Morgan fingerprint density at radius 3 is 2.52 bits per heavy atom. The summed E-state index contributed by atoms with van der Waals surface area (Å²) in [6, 6.07) is 11.7. The van der Waals surface area contributed by atoms with Gasteiger partial charge in [-0.2, -0.15) is 0 Å². The van der Waals surface area contributed by atoms with E-state index in [4.69, 9.17) is 4.74 Å². The van der Waals surface area contributed by atoms with Gasteiger partial charge in [0.25, 0.3) is 5.91 Å². The fourth-order valence-corrected chi connectivity index (χ4v) is 1.99. The van der Waals surface area contributed by atoms with Gasteiger partial charge < -0.3 is 10.1 Å². The number of hydrogen-bond donors (Lipinski definition) is 1. The molecule has 0 bridgehead atoms. The maximum atomic E-state index is 13.4. The van der Waals surface area contributed by atoms with Crippen molar-refractivity contribution >= 4 is 11.9 Å². The molecule has 2 aromatic carbocycles. The van der Waals surface area contributed by atoms with Crippen LogP contribution in [0, 0.1) is 19.7 Å². The molecule has 0 unspecified atom stereocenters. The van der Waals surface area contributed by atoms with Crippen LogP contribution in [0.25, 0.3) is 0 Å². The zero-order valence-corrected chi connectivity index (χ0v) is 13.1. The standard InChI is InChI=1S/C18H18FNO3/c1-12-5-3-4-6-15(12)10-20-17(21)11-23-18(22)14-8-7-13(2)16(19)9-14/h3-9H,10-11H2,1-2H3,(H,20,21). The zero-order chi connectivity index (χ0) is 16.8. The van der Waals surface area contributed by atoms with E-state index < -0.39 is 24.3 Å². The van der Waals surface area contributed by atoms with E-state index >= 15 is 0 Å². The van der Waals surface area contributed by atoms with Crippen molar-refractivity contribution in [2.75, 3.05) is 6.61 Å². The van der Waals surface area contributed by atoms with Crippen molar-refractivity contribution < 1.29 is 18.7 Å². The molecule has 0 aromatic heterocycles. The van der Waals surface area contributed by atoms with Gasteiger partial charge in [-0.1, -0.05) is 30.3 Å². The molecule has 23 heavy (non-hydrogen) atoms. The highest BCUT2D eigenvalue weighted by Gasteiger charge is 2.12. The third kappa shape index (κ3) is 4.64. The van der Waals surface area contributed by atoms with Gasteiger partial charge in [0.1, 0.15) is 5.82 Å². The quantitative estimate of drug-likeness (QED) is 0.863. The van der Waals surface area contributed by atoms with Gasteiger partial charge in [0.05, 0.1) is 5.56 Å². The molecule has 0 saturated carbocycles. The summed E-state index contributed by atoms with van der Waals surface area (Å²) in [6.07, 6.45) is 0. The molecule has 2 rings (SSSR count). The molecule has 0 aliphatic rings. The number of aryl methyl sites for hydroxylation is 2. The molecule has 0 heterocycles. The first kappa shape index (κ1) is 16.7. The SMILES string of the molecule is Cc1ccc(C(=O)OCC(=O)NCc2ccccc2C)cc1F. The predicted octanol–water partition coefficient (Wildman–Crippen LogP) is 2.92. The molecule has 0 spiro atoms. The summed E-state index contributed by atoms with van der Waals surface area (Å²) < 4.78 is 18.3. The van der Waals surface area contributed by atoms with Crippen LogP contribution in [-0.4, -0.2) is 18.5 Å². The Morgan fingerprint density at radius 2 is 1.83 bits per heavy atom. The van der Waals surface area contributed by atoms with Gasteiger partial charge >= 0.3 is 5.97 Å². The Hall–Kier alpha value is -2.69. The molecule has 1 amide bonds. The van der Waals surface area contributed by atoms with E-state index in [-0.39, 0.29) is 5.56 Å². The van der Waals surface area contributed by atoms with Crippen LogP contribution in [0.1, 0.15) is 27.0 Å². The molecule has 0 fully saturated rings. The van der Waals surface area contributed by atoms with E-state index in [1.54, 1.807) is 6.92 Å². The predicted molar refractivity (Wildman–Crippen MR) is 84.4 cm³/mol. The third-order valence-electron chi connectivity index (χ3n) is 3.48. The van der Waals surface area contributed by atoms with Crippen LogP contribution in [0.5, 0.6) is 0 Å². The fraction of sp³-hybridized carbons (Fsp3) is 0.222. The number of hydrogen-bond acceptors (Lipinski definition) is 3. The Kier molecular flexibility index (Phi) is 5.46. The first-order valence-electron chi connectivity index (χ1n) is 7.22. The second kappa shape index (κ2) is 7.54. The number of amides is 1. The minimum Gasteiger partial charge on any atom is -0.452 e. The van der Waals surface area contributed by atoms with Crippen molar-refractivity contribution in [2.45, 2.75) is 20.4 Å². The molecule has 2 aromatic rings. The average Bonchev–Trinajstić information content (AvgIpc) is 2.54. The van der Waals surface area contributed by atoms with Gasteiger partial charge in [-0.25, -0.2) is 9.18 Å². The van der Waals surface area contributed by atoms with Crippen molar-refractivity contribution in [3.8, 4) is 0 Å². The summed E-state index contributed by atoms with van der Waals surface area (Å²) in [5.41, 5.74) is 2.59. The minimum atomic E-state index is -0.727. The number of esters is 1. The molecule has 120 valence electrons. The molecule has 0 aliphatic carbocycles. The van der Waals surface area contributed by atoms with Crippen LogP contribution in [0.15, 0.2) is 42.5 Å². The van der Waals surface area contributed by atoms with Crippen molar-refractivity contribution in [1.82, 2.24) is 5.32 Å². The maximum absolute atomic E-state index is 13.4. The largest absolute Gasteiger partial charge is 0.452 e. The highest BCUT2D eigenvalue weighted by molar-refractivity contribution is 5.91. The second-order valence-electron chi connectivity index (χ2n) is 5.24. The summed E-state index contributed by atoms with van der Waals surface area (Å²) in [4.78, 5) is 23.5. The summed E-state index contributed by atoms with van der Waals surface area (Å²) in [7, 11) is 0. The highest BCUT2D eigenvalue weighted by atomic mass is 19.1. The molecule has 5 heteroatoms. The van der Waals surface area contributed by atoms with Gasteiger partial charge in [0.15, 0.2) is 6.61 Å². The van der Waals surface area contributed by atoms with E-state index in [9.17, 15) is 14.0 Å². The van der Waals surface area contributed by atoms with Crippen LogP contribution < -0.4 is 5.32 Å². The summed E-state index contributed by atoms with van der Waals surface area (Å²) in [6.45, 7) is 3.51. The lowest BCUT2D eigenvalue weighted by Crippen LogP contribution is -2.28. The van der Waals surface area contributed by atoms with Crippen molar-refractivity contribution in [3.05, 3.63) is 70.5 Å². The molecular weight excluding hydrogens is 297 g/mol. The molecule has 0 saturated heterocycles. The van der Waals surface area contributed by atoms with Gasteiger partial charge in [-0.3, -0.25) is 4.79 Å². The normalized spacial score (nSPS) is 10.2. The van der Waals surface area contributed by atoms with Gasteiger partial charge in [-0.05, 0) is 42.7 Å². The summed E-state index contributed by atoms with van der Waals surface area (Å²) in [5.74, 6) is -1.62. The number of carbonyl (C=O) groups excluding carboxylic acids is 2. The molecule has 4 nitrogen and oxygen atoms in total. The smallest absolute Gasteiger partial charge is 0.338 e. The lowest BCUT2D eigenvalue weighted by Gasteiger charge is -2.09. The number of benzene rings is 2. The van der Waals surface area contributed by atoms with E-state index in [2.05, 4.69) is 5.32 Å². The molecule has 0 atom stereocenters. The number of ether oxygens (including phenoxy) is 1. The van der Waals surface area contributed by atoms with E-state index in [1.165, 1.54) is 12.1 Å². The minimum absolute atomic E-state index is 0.0832. The average molecular weight is 315 g/mol. The maximum Gasteiger partial charge on any atom is 0.338 e. The Balaban J connectivity index is 1.83. The number of carbonyl (C=O) groups is 2. The fourth-order valence-electron chi connectivity index (χ4n) is 1.99. The first-order valence-corrected chi connectivity index (χ1v) is 7.22. The number of nitrogens with one attached hydrogen (secondary N) is 1. The molecular formula is C18H18FNO3. The van der Waals surface area contributed by atoms with Crippen LogP contribution in [0.4, 0.5) is 4.39 Å². The third-order valence-corrected chi connectivity index (χ3v) is 3.48. The molecule has 0 aliphatic heterocycles. The molecule has 0 radical (unpaired) electrons. The number of rotatable bonds is 5. The monoisotopic (exact) mass is 315 g/mol. The Labute approximate surface area is 134 Å².